The quantitative estimate of drug-likeness (QED) is 0.755. The summed E-state index contributed by atoms with van der Waals surface area (Å²) in [6, 6.07) is 10.4. The zero-order valence-corrected chi connectivity index (χ0v) is 13.5. The van der Waals surface area contributed by atoms with Gasteiger partial charge in [0.15, 0.2) is 11.5 Å². The number of aromatic nitrogens is 2. The summed E-state index contributed by atoms with van der Waals surface area (Å²) in [4.78, 5) is 28.8. The number of nitrogens with zero attached hydrogens (tertiary/aromatic N) is 2. The third kappa shape index (κ3) is 3.46. The smallest absolute Gasteiger partial charge is 0.387 e. The molecule has 0 spiro atoms. The summed E-state index contributed by atoms with van der Waals surface area (Å²) in [5, 5.41) is 0.341. The molecule has 0 aliphatic heterocycles. The average molecular weight is 361 g/mol. The molecule has 0 atom stereocenters. The van der Waals surface area contributed by atoms with Crippen molar-refractivity contribution in [3.8, 4) is 11.5 Å². The number of fused-ring (bicyclic) bond motifs is 1. The van der Waals surface area contributed by atoms with Crippen molar-refractivity contribution in [3.05, 3.63) is 64.7 Å². The number of methoxy groups -OCH3 is 1. The highest BCUT2D eigenvalue weighted by molar-refractivity contribution is 6.00. The molecule has 2 aromatic carbocycles. The van der Waals surface area contributed by atoms with Gasteiger partial charge in [-0.1, -0.05) is 12.1 Å². The first-order valence-electron chi connectivity index (χ1n) is 7.40. The van der Waals surface area contributed by atoms with Crippen molar-refractivity contribution < 1.29 is 23.0 Å². The zero-order valence-electron chi connectivity index (χ0n) is 13.5. The fourth-order valence-electron chi connectivity index (χ4n) is 2.32. The van der Waals surface area contributed by atoms with Crippen LogP contribution in [0.5, 0.6) is 11.5 Å². The molecule has 1 amide bonds. The highest BCUT2D eigenvalue weighted by atomic mass is 19.3. The van der Waals surface area contributed by atoms with Gasteiger partial charge in [0.25, 0.3) is 11.5 Å². The van der Waals surface area contributed by atoms with Crippen LogP contribution in [-0.2, 0) is 0 Å². The lowest BCUT2D eigenvalue weighted by Gasteiger charge is -2.12. The highest BCUT2D eigenvalue weighted by Gasteiger charge is 2.15. The Morgan fingerprint density at radius 2 is 1.96 bits per heavy atom. The number of carbonyl (C=O) groups is 1. The van der Waals surface area contributed by atoms with E-state index in [0.29, 0.717) is 10.9 Å². The van der Waals surface area contributed by atoms with E-state index in [9.17, 15) is 18.4 Å². The predicted octanol–water partition coefficient (Wildman–Crippen LogP) is 2.39. The van der Waals surface area contributed by atoms with E-state index in [1.165, 1.54) is 31.6 Å². The topological polar surface area (TPSA) is 82.5 Å². The summed E-state index contributed by atoms with van der Waals surface area (Å²) < 4.78 is 34.9. The molecular formula is C17H13F2N3O4. The van der Waals surface area contributed by atoms with Crippen LogP contribution in [0, 0.1) is 0 Å². The van der Waals surface area contributed by atoms with Gasteiger partial charge in [0.2, 0.25) is 0 Å². The van der Waals surface area contributed by atoms with Crippen LogP contribution in [0.1, 0.15) is 10.4 Å². The monoisotopic (exact) mass is 361 g/mol. The van der Waals surface area contributed by atoms with E-state index >= 15 is 0 Å². The number of hydrogen-bond acceptors (Lipinski definition) is 5. The lowest BCUT2D eigenvalue weighted by atomic mass is 10.2. The molecule has 0 aliphatic rings. The van der Waals surface area contributed by atoms with E-state index in [2.05, 4.69) is 15.1 Å². The zero-order chi connectivity index (χ0) is 18.7. The van der Waals surface area contributed by atoms with Crippen molar-refractivity contribution >= 4 is 16.8 Å². The van der Waals surface area contributed by atoms with Crippen LogP contribution in [0.3, 0.4) is 0 Å². The first kappa shape index (κ1) is 17.3. The second-order valence-corrected chi connectivity index (χ2v) is 5.12. The minimum absolute atomic E-state index is 0.0399. The molecule has 0 saturated carbocycles. The predicted molar refractivity (Wildman–Crippen MR) is 89.3 cm³/mol. The lowest BCUT2D eigenvalue weighted by molar-refractivity contribution is -0.0512. The number of carbonyl (C=O) groups excluding carboxylic acids is 1. The maximum atomic E-state index is 12.4. The van der Waals surface area contributed by atoms with Crippen molar-refractivity contribution in [2.45, 2.75) is 6.61 Å². The van der Waals surface area contributed by atoms with Gasteiger partial charge in [0, 0.05) is 5.56 Å². The Balaban J connectivity index is 1.88. The maximum Gasteiger partial charge on any atom is 0.387 e. The Morgan fingerprint density at radius 3 is 2.69 bits per heavy atom. The number of nitrogens with one attached hydrogen (secondary N) is 1. The molecule has 3 rings (SSSR count). The summed E-state index contributed by atoms with van der Waals surface area (Å²) >= 11 is 0. The van der Waals surface area contributed by atoms with Crippen molar-refractivity contribution in [2.24, 2.45) is 0 Å². The molecule has 0 radical (unpaired) electrons. The molecule has 7 nitrogen and oxygen atoms in total. The van der Waals surface area contributed by atoms with Gasteiger partial charge in [-0.3, -0.25) is 15.0 Å². The minimum atomic E-state index is -3.02. The fourth-order valence-corrected chi connectivity index (χ4v) is 2.32. The van der Waals surface area contributed by atoms with Gasteiger partial charge in [-0.15, -0.1) is 0 Å². The third-order valence-electron chi connectivity index (χ3n) is 3.53. The molecule has 9 heteroatoms. The van der Waals surface area contributed by atoms with Gasteiger partial charge in [-0.2, -0.15) is 8.78 Å². The van der Waals surface area contributed by atoms with E-state index in [-0.39, 0.29) is 17.1 Å². The number of ether oxygens (including phenoxy) is 2. The fraction of sp³-hybridized carbons (Fsp3) is 0.118. The second kappa shape index (κ2) is 7.18. The Labute approximate surface area is 145 Å². The number of hydrogen-bond donors (Lipinski definition) is 1. The van der Waals surface area contributed by atoms with Crippen molar-refractivity contribution in [3.63, 3.8) is 0 Å². The molecule has 0 aliphatic carbocycles. The first-order valence-corrected chi connectivity index (χ1v) is 7.40. The average Bonchev–Trinajstić information content (AvgIpc) is 2.64. The summed E-state index contributed by atoms with van der Waals surface area (Å²) in [5.41, 5.74) is 2.52. The number of halogens is 2. The van der Waals surface area contributed by atoms with Crippen molar-refractivity contribution in [2.75, 3.05) is 12.5 Å². The Hall–Kier alpha value is -3.49. The number of rotatable bonds is 5. The summed E-state index contributed by atoms with van der Waals surface area (Å²) in [6.07, 6.45) is 1.19. The Morgan fingerprint density at radius 1 is 1.19 bits per heavy atom. The molecule has 1 heterocycles. The normalized spacial score (nSPS) is 10.8. The van der Waals surface area contributed by atoms with E-state index in [1.807, 2.05) is 0 Å². The molecular weight excluding hydrogens is 348 g/mol. The van der Waals surface area contributed by atoms with Crippen molar-refractivity contribution in [1.29, 1.82) is 0 Å². The number of benzene rings is 2. The van der Waals surface area contributed by atoms with Crippen LogP contribution >= 0.6 is 0 Å². The van der Waals surface area contributed by atoms with Gasteiger partial charge < -0.3 is 9.47 Å². The molecule has 0 saturated heterocycles. The molecule has 0 bridgehead atoms. The number of amides is 1. The van der Waals surface area contributed by atoms with Gasteiger partial charge in [0.1, 0.15) is 6.33 Å². The van der Waals surface area contributed by atoms with Crippen LogP contribution in [0.15, 0.2) is 53.6 Å². The first-order chi connectivity index (χ1) is 12.5. The summed E-state index contributed by atoms with van der Waals surface area (Å²) in [5.74, 6) is -0.892. The van der Waals surface area contributed by atoms with Gasteiger partial charge in [-0.25, -0.2) is 9.66 Å². The Kier molecular flexibility index (Phi) is 4.78. The standard InChI is InChI=1S/C17H13F2N3O4/c1-25-14-8-10(6-7-13(14)26-17(18)19)15(23)21-22-9-20-12-5-3-2-4-11(12)16(22)24/h2-9,17H,1H3,(H,21,23). The highest BCUT2D eigenvalue weighted by Crippen LogP contribution is 2.29. The summed E-state index contributed by atoms with van der Waals surface area (Å²) in [7, 11) is 1.26. The van der Waals surface area contributed by atoms with Crippen LogP contribution in [0.25, 0.3) is 10.9 Å². The SMILES string of the molecule is COc1cc(C(=O)Nn2cnc3ccccc3c2=O)ccc1OC(F)F. The molecule has 0 unspecified atom stereocenters. The third-order valence-corrected chi connectivity index (χ3v) is 3.53. The summed E-state index contributed by atoms with van der Waals surface area (Å²) in [6.45, 7) is -3.02. The van der Waals surface area contributed by atoms with Crippen molar-refractivity contribution in [1.82, 2.24) is 9.66 Å². The van der Waals surface area contributed by atoms with Crippen LogP contribution in [0.4, 0.5) is 8.78 Å². The molecule has 0 fully saturated rings. The van der Waals surface area contributed by atoms with E-state index in [0.717, 1.165) is 4.68 Å². The molecule has 3 aromatic rings. The Bertz CT molecular complexity index is 1020. The largest absolute Gasteiger partial charge is 0.493 e. The van der Waals surface area contributed by atoms with Crippen LogP contribution < -0.4 is 20.5 Å². The van der Waals surface area contributed by atoms with Crippen LogP contribution in [0.2, 0.25) is 0 Å². The van der Waals surface area contributed by atoms with Crippen LogP contribution in [-0.4, -0.2) is 29.3 Å². The number of alkyl halides is 2. The van der Waals surface area contributed by atoms with Gasteiger partial charge in [-0.05, 0) is 30.3 Å². The van der Waals surface area contributed by atoms with E-state index < -0.39 is 18.1 Å². The maximum absolute atomic E-state index is 12.4. The van der Waals surface area contributed by atoms with E-state index in [4.69, 9.17) is 4.74 Å². The number of para-hydroxylation sites is 1. The second-order valence-electron chi connectivity index (χ2n) is 5.12. The van der Waals surface area contributed by atoms with Gasteiger partial charge >= 0.3 is 6.61 Å². The molecule has 1 aromatic heterocycles. The van der Waals surface area contributed by atoms with Gasteiger partial charge in [0.05, 0.1) is 18.0 Å². The minimum Gasteiger partial charge on any atom is -0.493 e. The molecule has 1 N–H and O–H groups in total. The van der Waals surface area contributed by atoms with E-state index in [1.54, 1.807) is 24.3 Å². The molecule has 26 heavy (non-hydrogen) atoms. The lowest BCUT2D eigenvalue weighted by Crippen LogP contribution is -2.33. The molecule has 134 valence electrons.